The Labute approximate surface area is 122 Å². The summed E-state index contributed by atoms with van der Waals surface area (Å²) in [5, 5.41) is 0. The molecule has 1 aliphatic heterocycles. The van der Waals surface area contributed by atoms with Crippen molar-refractivity contribution in [3.8, 4) is 0 Å². The first-order valence-corrected chi connectivity index (χ1v) is 7.78. The largest absolute Gasteiger partial charge is 0.376 e. The van der Waals surface area contributed by atoms with Crippen LogP contribution in [0.5, 0.6) is 0 Å². The monoisotopic (exact) mass is 331 g/mol. The lowest BCUT2D eigenvalue weighted by atomic mass is 10.1. The first kappa shape index (κ1) is 14.2. The SMILES string of the molecule is CCN(CC1CCCO1)c1ccc(Br)cc1CCl. The van der Waals surface area contributed by atoms with Crippen LogP contribution < -0.4 is 4.90 Å². The Bertz CT molecular complexity index is 393. The van der Waals surface area contributed by atoms with Gasteiger partial charge in [0.15, 0.2) is 0 Å². The van der Waals surface area contributed by atoms with Crippen molar-refractivity contribution in [2.75, 3.05) is 24.6 Å². The van der Waals surface area contributed by atoms with E-state index in [1.165, 1.54) is 24.1 Å². The smallest absolute Gasteiger partial charge is 0.0750 e. The van der Waals surface area contributed by atoms with Crippen molar-refractivity contribution in [2.45, 2.75) is 31.7 Å². The molecule has 4 heteroatoms. The van der Waals surface area contributed by atoms with Crippen molar-refractivity contribution in [1.82, 2.24) is 0 Å². The summed E-state index contributed by atoms with van der Waals surface area (Å²) in [5.41, 5.74) is 2.40. The summed E-state index contributed by atoms with van der Waals surface area (Å²) in [4.78, 5) is 2.36. The van der Waals surface area contributed by atoms with E-state index in [9.17, 15) is 0 Å². The highest BCUT2D eigenvalue weighted by atomic mass is 79.9. The Balaban J connectivity index is 2.15. The highest BCUT2D eigenvalue weighted by Crippen LogP contribution is 2.27. The minimum absolute atomic E-state index is 0.372. The van der Waals surface area contributed by atoms with Crippen LogP contribution in [-0.4, -0.2) is 25.8 Å². The number of halogens is 2. The third-order valence-corrected chi connectivity index (χ3v) is 4.14. The third kappa shape index (κ3) is 3.40. The van der Waals surface area contributed by atoms with E-state index in [1.807, 2.05) is 0 Å². The number of hydrogen-bond acceptors (Lipinski definition) is 2. The van der Waals surface area contributed by atoms with Gasteiger partial charge < -0.3 is 9.64 Å². The maximum atomic E-state index is 6.04. The minimum atomic E-state index is 0.372. The summed E-state index contributed by atoms with van der Waals surface area (Å²) in [7, 11) is 0. The molecule has 1 aromatic rings. The Hall–Kier alpha value is -0.250. The zero-order valence-electron chi connectivity index (χ0n) is 10.7. The van der Waals surface area contributed by atoms with Crippen LogP contribution in [0.1, 0.15) is 25.3 Å². The fourth-order valence-corrected chi connectivity index (χ4v) is 3.02. The van der Waals surface area contributed by atoms with Gasteiger partial charge in [-0.2, -0.15) is 0 Å². The van der Waals surface area contributed by atoms with Gasteiger partial charge in [0.05, 0.1) is 6.10 Å². The molecule has 18 heavy (non-hydrogen) atoms. The minimum Gasteiger partial charge on any atom is -0.376 e. The van der Waals surface area contributed by atoms with Gasteiger partial charge in [-0.1, -0.05) is 15.9 Å². The van der Waals surface area contributed by atoms with Gasteiger partial charge in [0.1, 0.15) is 0 Å². The van der Waals surface area contributed by atoms with Crippen LogP contribution in [0.15, 0.2) is 22.7 Å². The van der Waals surface area contributed by atoms with Crippen LogP contribution in [-0.2, 0) is 10.6 Å². The topological polar surface area (TPSA) is 12.5 Å². The van der Waals surface area contributed by atoms with E-state index in [1.54, 1.807) is 0 Å². The number of likely N-dealkylation sites (N-methyl/N-ethyl adjacent to an activating group) is 1. The van der Waals surface area contributed by atoms with Crippen molar-refractivity contribution in [3.63, 3.8) is 0 Å². The molecule has 1 unspecified atom stereocenters. The number of alkyl halides is 1. The zero-order chi connectivity index (χ0) is 13.0. The highest BCUT2D eigenvalue weighted by molar-refractivity contribution is 9.10. The number of anilines is 1. The van der Waals surface area contributed by atoms with Crippen LogP contribution >= 0.6 is 27.5 Å². The molecule has 1 atom stereocenters. The van der Waals surface area contributed by atoms with Gasteiger partial charge in [-0.15, -0.1) is 11.6 Å². The van der Waals surface area contributed by atoms with E-state index in [0.717, 1.165) is 24.2 Å². The Morgan fingerprint density at radius 1 is 1.50 bits per heavy atom. The molecule has 0 N–H and O–H groups in total. The molecule has 0 aliphatic carbocycles. The quantitative estimate of drug-likeness (QED) is 0.750. The second-order valence-corrected chi connectivity index (χ2v) is 5.76. The molecular formula is C14H19BrClNO. The lowest BCUT2D eigenvalue weighted by Gasteiger charge is -2.28. The van der Waals surface area contributed by atoms with Crippen molar-refractivity contribution in [3.05, 3.63) is 28.2 Å². The number of benzene rings is 1. The Morgan fingerprint density at radius 2 is 2.33 bits per heavy atom. The molecule has 1 fully saturated rings. The fourth-order valence-electron chi connectivity index (χ4n) is 2.40. The van der Waals surface area contributed by atoms with Crippen molar-refractivity contribution >= 4 is 33.2 Å². The summed E-state index contributed by atoms with van der Waals surface area (Å²) >= 11 is 9.54. The summed E-state index contributed by atoms with van der Waals surface area (Å²) in [5.74, 6) is 0.538. The van der Waals surface area contributed by atoms with Crippen LogP contribution in [0.3, 0.4) is 0 Å². The predicted molar refractivity (Wildman–Crippen MR) is 80.6 cm³/mol. The molecule has 1 aromatic carbocycles. The molecule has 0 amide bonds. The molecule has 2 rings (SSSR count). The Morgan fingerprint density at radius 3 is 2.94 bits per heavy atom. The normalized spacial score (nSPS) is 19.2. The van der Waals surface area contributed by atoms with Gasteiger partial charge in [0.25, 0.3) is 0 Å². The van der Waals surface area contributed by atoms with Crippen LogP contribution in [0.4, 0.5) is 5.69 Å². The Kier molecular flexibility index (Phi) is 5.34. The lowest BCUT2D eigenvalue weighted by molar-refractivity contribution is 0.115. The van der Waals surface area contributed by atoms with Crippen molar-refractivity contribution in [2.24, 2.45) is 0 Å². The van der Waals surface area contributed by atoms with Crippen LogP contribution in [0, 0.1) is 0 Å². The fraction of sp³-hybridized carbons (Fsp3) is 0.571. The second kappa shape index (κ2) is 6.78. The van der Waals surface area contributed by atoms with Gasteiger partial charge >= 0.3 is 0 Å². The highest BCUT2D eigenvalue weighted by Gasteiger charge is 2.20. The maximum absolute atomic E-state index is 6.04. The first-order valence-electron chi connectivity index (χ1n) is 6.45. The molecule has 2 nitrogen and oxygen atoms in total. The van der Waals surface area contributed by atoms with Crippen LogP contribution in [0.2, 0.25) is 0 Å². The first-order chi connectivity index (χ1) is 8.74. The van der Waals surface area contributed by atoms with Crippen LogP contribution in [0.25, 0.3) is 0 Å². The number of hydrogen-bond donors (Lipinski definition) is 0. The third-order valence-electron chi connectivity index (χ3n) is 3.36. The van der Waals surface area contributed by atoms with E-state index >= 15 is 0 Å². The molecule has 0 radical (unpaired) electrons. The summed E-state index contributed by atoms with van der Waals surface area (Å²) in [6.07, 6.45) is 2.73. The molecule has 100 valence electrons. The predicted octanol–water partition coefficient (Wildman–Crippen LogP) is 4.19. The molecule has 0 bridgehead atoms. The van der Waals surface area contributed by atoms with Gasteiger partial charge in [0.2, 0.25) is 0 Å². The van der Waals surface area contributed by atoms with E-state index in [4.69, 9.17) is 16.3 Å². The molecule has 1 heterocycles. The van der Waals surface area contributed by atoms with Gasteiger partial charge in [-0.25, -0.2) is 0 Å². The van der Waals surface area contributed by atoms with Gasteiger partial charge in [-0.3, -0.25) is 0 Å². The van der Waals surface area contributed by atoms with E-state index in [0.29, 0.717) is 12.0 Å². The van der Waals surface area contributed by atoms with E-state index in [-0.39, 0.29) is 0 Å². The van der Waals surface area contributed by atoms with Gasteiger partial charge in [0, 0.05) is 35.7 Å². The molecule has 0 saturated carbocycles. The number of ether oxygens (including phenoxy) is 1. The maximum Gasteiger partial charge on any atom is 0.0750 e. The van der Waals surface area contributed by atoms with Crippen molar-refractivity contribution in [1.29, 1.82) is 0 Å². The van der Waals surface area contributed by atoms with E-state index < -0.39 is 0 Å². The standard InChI is InChI=1S/C14H19BrClNO/c1-2-17(10-13-4-3-7-18-13)14-6-5-12(15)8-11(14)9-16/h5-6,8,13H,2-4,7,9-10H2,1H3. The number of nitrogens with zero attached hydrogens (tertiary/aromatic N) is 1. The van der Waals surface area contributed by atoms with E-state index in [2.05, 4.69) is 46.0 Å². The summed E-state index contributed by atoms with van der Waals surface area (Å²) < 4.78 is 6.80. The summed E-state index contributed by atoms with van der Waals surface area (Å²) in [6, 6.07) is 6.31. The lowest BCUT2D eigenvalue weighted by Crippen LogP contribution is -2.32. The average Bonchev–Trinajstić information content (AvgIpc) is 2.89. The molecule has 1 aliphatic rings. The molecule has 1 saturated heterocycles. The molecule has 0 spiro atoms. The van der Waals surface area contributed by atoms with Gasteiger partial charge in [-0.05, 0) is 43.5 Å². The zero-order valence-corrected chi connectivity index (χ0v) is 13.0. The van der Waals surface area contributed by atoms with Crippen molar-refractivity contribution < 1.29 is 4.74 Å². The number of rotatable bonds is 5. The average molecular weight is 333 g/mol. The molecule has 0 aromatic heterocycles. The summed E-state index contributed by atoms with van der Waals surface area (Å²) in [6.45, 7) is 5.02. The second-order valence-electron chi connectivity index (χ2n) is 4.58. The molecular weight excluding hydrogens is 314 g/mol.